The van der Waals surface area contributed by atoms with Gasteiger partial charge in [-0.3, -0.25) is 4.90 Å². The molecule has 4 aliphatic rings. The number of nitrogens with two attached hydrogens (primary N) is 1. The zero-order valence-electron chi connectivity index (χ0n) is 25.9. The quantitative estimate of drug-likeness (QED) is 0.305. The highest BCUT2D eigenvalue weighted by atomic mass is 32.1. The number of hydrogen-bond acceptors (Lipinski definition) is 11. The zero-order valence-corrected chi connectivity index (χ0v) is 26.7. The average molecular weight is 647 g/mol. The Morgan fingerprint density at radius 3 is 2.50 bits per heavy atom. The molecule has 0 saturated carbocycles. The van der Waals surface area contributed by atoms with E-state index in [1.165, 1.54) is 17.4 Å². The summed E-state index contributed by atoms with van der Waals surface area (Å²) < 4.78 is 39.9. The highest BCUT2D eigenvalue weighted by Crippen LogP contribution is 2.49. The van der Waals surface area contributed by atoms with Crippen LogP contribution in [0.3, 0.4) is 0 Å². The van der Waals surface area contributed by atoms with E-state index in [0.29, 0.717) is 38.8 Å². The predicted octanol–water partition coefficient (Wildman–Crippen LogP) is 4.06. The minimum absolute atomic E-state index is 0.0269. The Morgan fingerprint density at radius 1 is 1.07 bits per heavy atom. The Kier molecular flexibility index (Phi) is 7.26. The van der Waals surface area contributed by atoms with Gasteiger partial charge in [0.2, 0.25) is 5.95 Å². The predicted molar refractivity (Wildman–Crippen MR) is 175 cm³/mol. The maximum Gasteiger partial charge on any atom is 0.228 e. The van der Waals surface area contributed by atoms with Gasteiger partial charge < -0.3 is 30.3 Å². The molecule has 2 aromatic heterocycles. The van der Waals surface area contributed by atoms with Crippen molar-refractivity contribution in [3.63, 3.8) is 0 Å². The van der Waals surface area contributed by atoms with Crippen molar-refractivity contribution in [1.29, 1.82) is 5.26 Å². The Bertz CT molecular complexity index is 1910. The van der Waals surface area contributed by atoms with Gasteiger partial charge in [0.25, 0.3) is 0 Å². The Labute approximate surface area is 269 Å². The maximum absolute atomic E-state index is 17.4. The molecule has 0 aliphatic carbocycles. The second-order valence-electron chi connectivity index (χ2n) is 13.1. The number of nitrogen functional groups attached to an aromatic ring is 1. The summed E-state index contributed by atoms with van der Waals surface area (Å²) in [6.07, 6.45) is 2.72. The van der Waals surface area contributed by atoms with E-state index in [2.05, 4.69) is 25.7 Å². The lowest BCUT2D eigenvalue weighted by molar-refractivity contribution is 0.135. The maximum atomic E-state index is 17.4. The van der Waals surface area contributed by atoms with Crippen LogP contribution in [0.5, 0.6) is 0 Å². The largest absolute Gasteiger partial charge is 0.396 e. The Hall–Kier alpha value is -3.67. The number of ether oxygens (including phenoxy) is 1. The van der Waals surface area contributed by atoms with E-state index in [1.54, 1.807) is 6.07 Å². The molecule has 2 aromatic carbocycles. The highest BCUT2D eigenvalue weighted by Gasteiger charge is 2.43. The summed E-state index contributed by atoms with van der Waals surface area (Å²) in [6, 6.07) is 5.73. The number of likely N-dealkylation sites (N-methyl/N-ethyl adjacent to an activating group) is 1. The fraction of sp³-hybridized carbons (Fsp3) is 0.485. The lowest BCUT2D eigenvalue weighted by Crippen LogP contribution is -2.58. The highest BCUT2D eigenvalue weighted by molar-refractivity contribution is 7.23. The van der Waals surface area contributed by atoms with Gasteiger partial charge in [-0.1, -0.05) is 0 Å². The summed E-state index contributed by atoms with van der Waals surface area (Å²) >= 11 is 1.19. The first kappa shape index (κ1) is 29.7. The molecule has 2 bridgehead atoms. The Balaban J connectivity index is 1.36. The summed E-state index contributed by atoms with van der Waals surface area (Å²) in [5.74, 6) is -0.0892. The van der Waals surface area contributed by atoms with Crippen molar-refractivity contribution < 1.29 is 18.6 Å². The van der Waals surface area contributed by atoms with Crippen molar-refractivity contribution in [2.75, 3.05) is 69.0 Å². The van der Waals surface area contributed by atoms with Gasteiger partial charge in [-0.25, -0.2) is 13.8 Å². The second-order valence-corrected chi connectivity index (χ2v) is 14.2. The molecule has 4 aromatic rings. The van der Waals surface area contributed by atoms with Gasteiger partial charge in [0.1, 0.15) is 28.2 Å². The summed E-state index contributed by atoms with van der Waals surface area (Å²) in [7, 11) is 4.08. The van der Waals surface area contributed by atoms with Gasteiger partial charge in [0, 0.05) is 78.7 Å². The van der Waals surface area contributed by atoms with Gasteiger partial charge in [-0.15, -0.1) is 11.3 Å². The summed E-state index contributed by atoms with van der Waals surface area (Å²) in [6.45, 7) is 4.44. The van der Waals surface area contributed by atoms with Crippen LogP contribution < -0.4 is 15.5 Å². The molecule has 0 amide bonds. The van der Waals surface area contributed by atoms with Gasteiger partial charge >= 0.3 is 0 Å². The van der Waals surface area contributed by atoms with Crippen molar-refractivity contribution in [3.8, 4) is 17.2 Å². The summed E-state index contributed by atoms with van der Waals surface area (Å²) in [5.41, 5.74) is 7.92. The van der Waals surface area contributed by atoms with Crippen molar-refractivity contribution in [2.24, 2.45) is 0 Å². The van der Waals surface area contributed by atoms with E-state index in [9.17, 15) is 10.4 Å². The number of thiophene rings is 1. The average Bonchev–Trinajstić information content (AvgIpc) is 3.69. The van der Waals surface area contributed by atoms with Gasteiger partial charge in [0.05, 0.1) is 24.2 Å². The van der Waals surface area contributed by atoms with Crippen molar-refractivity contribution in [1.82, 2.24) is 19.8 Å². The van der Waals surface area contributed by atoms with E-state index < -0.39 is 11.6 Å². The molecule has 3 saturated heterocycles. The molecular formula is C33H36F2N8O2S. The second kappa shape index (κ2) is 11.2. The van der Waals surface area contributed by atoms with Crippen molar-refractivity contribution in [3.05, 3.63) is 40.5 Å². The number of hydrogen-bond donors (Lipinski definition) is 2. The van der Waals surface area contributed by atoms with E-state index in [-0.39, 0.29) is 59.1 Å². The van der Waals surface area contributed by atoms with Gasteiger partial charge in [-0.2, -0.15) is 10.2 Å². The number of benzene rings is 2. The zero-order chi connectivity index (χ0) is 31.9. The number of anilines is 3. The van der Waals surface area contributed by atoms with E-state index in [1.807, 2.05) is 14.1 Å². The topological polar surface area (TPSA) is 118 Å². The molecule has 0 radical (unpaired) electrons. The number of nitriles is 1. The summed E-state index contributed by atoms with van der Waals surface area (Å²) in [5, 5.41) is 20.6. The number of aliphatic hydroxyl groups is 1. The van der Waals surface area contributed by atoms with Crippen LogP contribution >= 0.6 is 11.3 Å². The minimum atomic E-state index is -0.636. The van der Waals surface area contributed by atoms with Crippen LogP contribution in [0.2, 0.25) is 0 Å². The first-order valence-corrected chi connectivity index (χ1v) is 16.7. The molecule has 0 spiro atoms. The number of aliphatic hydroxyl groups excluding tert-OH is 1. The molecule has 240 valence electrons. The first-order valence-electron chi connectivity index (χ1n) is 15.9. The number of fused-ring (bicyclic) bond motifs is 6. The number of halogens is 2. The molecular weight excluding hydrogens is 610 g/mol. The number of aromatic nitrogens is 2. The van der Waals surface area contributed by atoms with E-state index >= 15 is 8.78 Å². The molecule has 2 atom stereocenters. The molecule has 46 heavy (non-hydrogen) atoms. The van der Waals surface area contributed by atoms with Crippen LogP contribution in [0, 0.1) is 23.0 Å². The van der Waals surface area contributed by atoms with Crippen molar-refractivity contribution in [2.45, 2.75) is 50.6 Å². The Morgan fingerprint density at radius 2 is 1.80 bits per heavy atom. The van der Waals surface area contributed by atoms with Crippen LogP contribution in [0.15, 0.2) is 12.1 Å². The minimum Gasteiger partial charge on any atom is -0.396 e. The SMILES string of the molecule is CN(C)C1CN(c2nc(N3C4CCC3CN(CCCO)C4)c3c4c(c(-c5c(F)ccc6sc(N)c(C#N)c56)c(F)c3n2)COC4)C1. The van der Waals surface area contributed by atoms with E-state index in [0.717, 1.165) is 57.5 Å². The third kappa shape index (κ3) is 4.46. The lowest BCUT2D eigenvalue weighted by atomic mass is 9.90. The van der Waals surface area contributed by atoms with Crippen LogP contribution in [0.1, 0.15) is 36.0 Å². The molecule has 6 heterocycles. The fourth-order valence-corrected chi connectivity index (χ4v) is 8.82. The van der Waals surface area contributed by atoms with Crippen LogP contribution in [-0.4, -0.2) is 96.4 Å². The van der Waals surface area contributed by atoms with Crippen molar-refractivity contribution >= 4 is 49.1 Å². The standard InChI is InChI=1S/C33H36F2N8O2S/c1-40(2)19-13-42(14-19)33-38-30-27(32(39-33)43-17-4-5-18(43)12-41(11-17)8-3-9-44)22-16-45-15-21(22)26(29(30)35)28-23(34)6-7-24-25(28)20(10-36)31(37)46-24/h6-7,17-19,44H,3-5,8-9,11-16,37H2,1-2H3. The monoisotopic (exact) mass is 646 g/mol. The molecule has 10 nitrogen and oxygen atoms in total. The first-order chi connectivity index (χ1) is 22.3. The fourth-order valence-electron chi connectivity index (χ4n) is 7.89. The third-order valence-electron chi connectivity index (χ3n) is 10.3. The smallest absolute Gasteiger partial charge is 0.228 e. The molecule has 2 unspecified atom stereocenters. The normalized spacial score (nSPS) is 21.5. The van der Waals surface area contributed by atoms with Crippen LogP contribution in [-0.2, 0) is 18.0 Å². The third-order valence-corrected chi connectivity index (χ3v) is 11.3. The lowest BCUT2D eigenvalue weighted by Gasteiger charge is -2.44. The van der Waals surface area contributed by atoms with Crippen LogP contribution in [0.4, 0.5) is 25.5 Å². The van der Waals surface area contributed by atoms with Gasteiger partial charge in [-0.05, 0) is 56.6 Å². The van der Waals surface area contributed by atoms with E-state index in [4.69, 9.17) is 20.4 Å². The number of rotatable bonds is 7. The molecule has 3 fully saturated rings. The molecule has 3 N–H and O–H groups in total. The van der Waals surface area contributed by atoms with Gasteiger partial charge in [0.15, 0.2) is 5.82 Å². The number of piperazine rings is 1. The number of likely N-dealkylation sites (tertiary alicyclic amines) is 1. The summed E-state index contributed by atoms with van der Waals surface area (Å²) in [4.78, 5) is 19.1. The number of nitrogens with zero attached hydrogens (tertiary/aromatic N) is 7. The molecule has 13 heteroatoms. The molecule has 8 rings (SSSR count). The van der Waals surface area contributed by atoms with Crippen LogP contribution in [0.25, 0.3) is 32.1 Å². The molecule has 4 aliphatic heterocycles.